The summed E-state index contributed by atoms with van der Waals surface area (Å²) in [5, 5.41) is 8.05. The first-order chi connectivity index (χ1) is 9.69. The standard InChI is InChI=1S/C15H26BrN3O/c1-4-17-14(9-11-7-12(8-11)20-6-3)15-13(16)10-18-19(15)5-2/h10-12,14,17H,4-9H2,1-3H3. The molecule has 1 saturated carbocycles. The van der Waals surface area contributed by atoms with E-state index < -0.39 is 0 Å². The summed E-state index contributed by atoms with van der Waals surface area (Å²) < 4.78 is 8.87. The molecule has 1 aromatic heterocycles. The molecule has 1 heterocycles. The van der Waals surface area contributed by atoms with Gasteiger partial charge in [0.15, 0.2) is 0 Å². The number of nitrogens with one attached hydrogen (secondary N) is 1. The number of hydrogen-bond acceptors (Lipinski definition) is 3. The highest BCUT2D eigenvalue weighted by Gasteiger charge is 2.33. The Kier molecular flexibility index (Phi) is 6.05. The van der Waals surface area contributed by atoms with E-state index in [-0.39, 0.29) is 0 Å². The second kappa shape index (κ2) is 7.57. The van der Waals surface area contributed by atoms with Gasteiger partial charge in [0.1, 0.15) is 0 Å². The first-order valence-corrected chi connectivity index (χ1v) is 8.54. The van der Waals surface area contributed by atoms with Crippen molar-refractivity contribution < 1.29 is 4.74 Å². The third-order valence-electron chi connectivity index (χ3n) is 4.08. The molecular formula is C15H26BrN3O. The highest BCUT2D eigenvalue weighted by Crippen LogP contribution is 2.38. The summed E-state index contributed by atoms with van der Waals surface area (Å²) in [5.74, 6) is 0.766. The zero-order valence-electron chi connectivity index (χ0n) is 12.7. The van der Waals surface area contributed by atoms with Gasteiger partial charge in [0, 0.05) is 13.2 Å². The molecule has 0 aliphatic heterocycles. The summed E-state index contributed by atoms with van der Waals surface area (Å²) in [6.07, 6.45) is 5.97. The SMILES string of the molecule is CCNC(CC1CC(OCC)C1)c1c(Br)cnn1CC. The number of nitrogens with zero attached hydrogens (tertiary/aromatic N) is 2. The Hall–Kier alpha value is -0.390. The van der Waals surface area contributed by atoms with Crippen molar-refractivity contribution in [1.82, 2.24) is 15.1 Å². The Balaban J connectivity index is 1.99. The molecule has 0 aromatic carbocycles. The number of aryl methyl sites for hydroxylation is 1. The molecule has 1 atom stereocenters. The average molecular weight is 344 g/mol. The molecule has 1 unspecified atom stereocenters. The fourth-order valence-electron chi connectivity index (χ4n) is 3.08. The lowest BCUT2D eigenvalue weighted by molar-refractivity contribution is -0.0293. The van der Waals surface area contributed by atoms with Gasteiger partial charge in [-0.2, -0.15) is 5.10 Å². The minimum atomic E-state index is 0.379. The van der Waals surface area contributed by atoms with Crippen molar-refractivity contribution in [2.75, 3.05) is 13.2 Å². The van der Waals surface area contributed by atoms with Crippen LogP contribution in [-0.4, -0.2) is 29.0 Å². The lowest BCUT2D eigenvalue weighted by atomic mass is 9.77. The minimum absolute atomic E-state index is 0.379. The smallest absolute Gasteiger partial charge is 0.0695 e. The van der Waals surface area contributed by atoms with Gasteiger partial charge >= 0.3 is 0 Å². The Morgan fingerprint density at radius 1 is 1.45 bits per heavy atom. The highest BCUT2D eigenvalue weighted by atomic mass is 79.9. The summed E-state index contributed by atoms with van der Waals surface area (Å²) in [6.45, 7) is 9.11. The van der Waals surface area contributed by atoms with Crippen LogP contribution in [0.5, 0.6) is 0 Å². The summed E-state index contributed by atoms with van der Waals surface area (Å²) in [6, 6.07) is 0.379. The monoisotopic (exact) mass is 343 g/mol. The fourth-order valence-corrected chi connectivity index (χ4v) is 3.65. The Morgan fingerprint density at radius 2 is 2.20 bits per heavy atom. The molecule has 2 rings (SSSR count). The van der Waals surface area contributed by atoms with E-state index in [2.05, 4.69) is 51.8 Å². The maximum Gasteiger partial charge on any atom is 0.0695 e. The molecular weight excluding hydrogens is 318 g/mol. The fraction of sp³-hybridized carbons (Fsp3) is 0.800. The first-order valence-electron chi connectivity index (χ1n) is 7.75. The van der Waals surface area contributed by atoms with Crippen LogP contribution in [0.25, 0.3) is 0 Å². The zero-order valence-corrected chi connectivity index (χ0v) is 14.3. The van der Waals surface area contributed by atoms with E-state index in [1.807, 2.05) is 6.20 Å². The van der Waals surface area contributed by atoms with Gasteiger partial charge in [0.05, 0.1) is 28.5 Å². The molecule has 0 bridgehead atoms. The predicted molar refractivity (Wildman–Crippen MR) is 84.8 cm³/mol. The van der Waals surface area contributed by atoms with Crippen LogP contribution in [0.1, 0.15) is 51.8 Å². The minimum Gasteiger partial charge on any atom is -0.378 e. The van der Waals surface area contributed by atoms with Gasteiger partial charge in [-0.05, 0) is 61.5 Å². The van der Waals surface area contributed by atoms with Crippen LogP contribution in [0.4, 0.5) is 0 Å². The molecule has 5 heteroatoms. The van der Waals surface area contributed by atoms with Crippen LogP contribution < -0.4 is 5.32 Å². The number of ether oxygens (including phenoxy) is 1. The van der Waals surface area contributed by atoms with E-state index >= 15 is 0 Å². The molecule has 20 heavy (non-hydrogen) atoms. The van der Waals surface area contributed by atoms with Crippen molar-refractivity contribution in [3.63, 3.8) is 0 Å². The van der Waals surface area contributed by atoms with Gasteiger partial charge in [-0.25, -0.2) is 0 Å². The van der Waals surface area contributed by atoms with Gasteiger partial charge < -0.3 is 10.1 Å². The lowest BCUT2D eigenvalue weighted by Crippen LogP contribution is -2.35. The highest BCUT2D eigenvalue weighted by molar-refractivity contribution is 9.10. The summed E-state index contributed by atoms with van der Waals surface area (Å²) in [5.41, 5.74) is 1.29. The first kappa shape index (κ1) is 16.0. The number of hydrogen-bond donors (Lipinski definition) is 1. The van der Waals surface area contributed by atoms with Crippen LogP contribution in [0.15, 0.2) is 10.7 Å². The zero-order chi connectivity index (χ0) is 14.5. The van der Waals surface area contributed by atoms with Gasteiger partial charge in [-0.3, -0.25) is 4.68 Å². The van der Waals surface area contributed by atoms with Crippen molar-refractivity contribution in [2.24, 2.45) is 5.92 Å². The molecule has 0 spiro atoms. The molecule has 0 amide bonds. The average Bonchev–Trinajstić information content (AvgIpc) is 2.76. The molecule has 4 nitrogen and oxygen atoms in total. The van der Waals surface area contributed by atoms with Crippen LogP contribution in [0, 0.1) is 5.92 Å². The van der Waals surface area contributed by atoms with Crippen LogP contribution in [0.3, 0.4) is 0 Å². The lowest BCUT2D eigenvalue weighted by Gasteiger charge is -2.37. The molecule has 1 aliphatic rings. The largest absolute Gasteiger partial charge is 0.378 e. The van der Waals surface area contributed by atoms with E-state index in [0.29, 0.717) is 12.1 Å². The normalized spacial score (nSPS) is 23.6. The second-order valence-corrected chi connectivity index (χ2v) is 6.31. The third kappa shape index (κ3) is 3.62. The Bertz CT molecular complexity index is 415. The van der Waals surface area contributed by atoms with Gasteiger partial charge in [0.2, 0.25) is 0 Å². The van der Waals surface area contributed by atoms with E-state index in [4.69, 9.17) is 4.74 Å². The molecule has 1 aromatic rings. The van der Waals surface area contributed by atoms with Gasteiger partial charge in [-0.1, -0.05) is 6.92 Å². The third-order valence-corrected chi connectivity index (χ3v) is 4.69. The summed E-state index contributed by atoms with van der Waals surface area (Å²) in [7, 11) is 0. The second-order valence-electron chi connectivity index (χ2n) is 5.45. The quantitative estimate of drug-likeness (QED) is 0.784. The van der Waals surface area contributed by atoms with E-state index in [1.54, 1.807) is 0 Å². The molecule has 1 fully saturated rings. The molecule has 1 aliphatic carbocycles. The van der Waals surface area contributed by atoms with Crippen LogP contribution in [-0.2, 0) is 11.3 Å². The van der Waals surface area contributed by atoms with Crippen molar-refractivity contribution in [2.45, 2.75) is 58.7 Å². The summed E-state index contributed by atoms with van der Waals surface area (Å²) in [4.78, 5) is 0. The van der Waals surface area contributed by atoms with Crippen LogP contribution in [0.2, 0.25) is 0 Å². The Labute approximate surface area is 130 Å². The van der Waals surface area contributed by atoms with Crippen molar-refractivity contribution in [3.05, 3.63) is 16.4 Å². The van der Waals surface area contributed by atoms with Crippen molar-refractivity contribution in [1.29, 1.82) is 0 Å². The van der Waals surface area contributed by atoms with Crippen molar-refractivity contribution >= 4 is 15.9 Å². The predicted octanol–water partition coefficient (Wildman–Crippen LogP) is 3.52. The van der Waals surface area contributed by atoms with Crippen LogP contribution >= 0.6 is 15.9 Å². The number of rotatable bonds is 8. The van der Waals surface area contributed by atoms with E-state index in [9.17, 15) is 0 Å². The molecule has 114 valence electrons. The van der Waals surface area contributed by atoms with E-state index in [0.717, 1.165) is 30.1 Å². The van der Waals surface area contributed by atoms with Gasteiger partial charge in [-0.15, -0.1) is 0 Å². The number of halogens is 1. The van der Waals surface area contributed by atoms with Gasteiger partial charge in [0.25, 0.3) is 0 Å². The summed E-state index contributed by atoms with van der Waals surface area (Å²) >= 11 is 3.65. The number of aromatic nitrogens is 2. The maximum atomic E-state index is 5.66. The topological polar surface area (TPSA) is 39.1 Å². The molecule has 1 N–H and O–H groups in total. The molecule has 0 radical (unpaired) electrons. The maximum absolute atomic E-state index is 5.66. The van der Waals surface area contributed by atoms with Crippen molar-refractivity contribution in [3.8, 4) is 0 Å². The van der Waals surface area contributed by atoms with E-state index in [1.165, 1.54) is 25.0 Å². The Morgan fingerprint density at radius 3 is 2.80 bits per heavy atom. The molecule has 0 saturated heterocycles.